The Kier molecular flexibility index (Phi) is 4.28. The standard InChI is InChI=1S/C6H11NO3/c1-3-5(2)7-10-4-6(8)9/h3-4H2,1-2H3,(H,8,9). The van der Waals surface area contributed by atoms with Crippen LogP contribution in [0.15, 0.2) is 5.16 Å². The summed E-state index contributed by atoms with van der Waals surface area (Å²) in [5, 5.41) is 11.6. The average Bonchev–Trinajstić information content (AvgIpc) is 1.87. The van der Waals surface area contributed by atoms with E-state index in [9.17, 15) is 4.79 Å². The Labute approximate surface area is 59.5 Å². The number of nitrogens with zero attached hydrogens (tertiary/aromatic N) is 1. The second-order valence-electron chi connectivity index (χ2n) is 1.85. The first-order chi connectivity index (χ1) is 4.66. The minimum absolute atomic E-state index is 0.364. The molecule has 0 unspecified atom stereocenters. The molecule has 0 fully saturated rings. The fraction of sp³-hybridized carbons (Fsp3) is 0.667. The lowest BCUT2D eigenvalue weighted by Crippen LogP contribution is -2.04. The molecule has 0 rings (SSSR count). The molecule has 0 aromatic heterocycles. The van der Waals surface area contributed by atoms with Gasteiger partial charge in [0.1, 0.15) is 0 Å². The van der Waals surface area contributed by atoms with E-state index in [2.05, 4.69) is 9.99 Å². The zero-order valence-electron chi connectivity index (χ0n) is 6.13. The minimum Gasteiger partial charge on any atom is -0.479 e. The fourth-order valence-electron chi connectivity index (χ4n) is 0.262. The summed E-state index contributed by atoms with van der Waals surface area (Å²) in [4.78, 5) is 14.3. The van der Waals surface area contributed by atoms with Gasteiger partial charge in [-0.15, -0.1) is 0 Å². The molecule has 0 radical (unpaired) electrons. The molecule has 0 aliphatic rings. The summed E-state index contributed by atoms with van der Waals surface area (Å²) in [6.07, 6.45) is 0.777. The van der Waals surface area contributed by atoms with E-state index >= 15 is 0 Å². The van der Waals surface area contributed by atoms with Gasteiger partial charge in [0.15, 0.2) is 0 Å². The van der Waals surface area contributed by atoms with Crippen LogP contribution in [0, 0.1) is 0 Å². The first kappa shape index (κ1) is 8.94. The monoisotopic (exact) mass is 145 g/mol. The molecular weight excluding hydrogens is 134 g/mol. The third-order valence-electron chi connectivity index (χ3n) is 0.920. The molecule has 0 aromatic rings. The van der Waals surface area contributed by atoms with Crippen molar-refractivity contribution >= 4 is 11.7 Å². The molecule has 0 spiro atoms. The van der Waals surface area contributed by atoms with Gasteiger partial charge in [0.25, 0.3) is 0 Å². The molecule has 0 atom stereocenters. The third kappa shape index (κ3) is 5.08. The Morgan fingerprint density at radius 1 is 1.70 bits per heavy atom. The lowest BCUT2D eigenvalue weighted by molar-refractivity contribution is -0.142. The molecule has 58 valence electrons. The van der Waals surface area contributed by atoms with Gasteiger partial charge in [-0.3, -0.25) is 0 Å². The van der Waals surface area contributed by atoms with Gasteiger partial charge in [-0.25, -0.2) is 4.79 Å². The molecule has 4 heteroatoms. The highest BCUT2D eigenvalue weighted by Gasteiger charge is 1.93. The Morgan fingerprint density at radius 2 is 2.30 bits per heavy atom. The number of rotatable bonds is 4. The molecule has 0 aliphatic carbocycles. The molecular formula is C6H11NO3. The maximum Gasteiger partial charge on any atom is 0.344 e. The summed E-state index contributed by atoms with van der Waals surface area (Å²) < 4.78 is 0. The lowest BCUT2D eigenvalue weighted by atomic mass is 10.3. The normalized spacial score (nSPS) is 11.2. The number of hydrogen-bond donors (Lipinski definition) is 1. The summed E-state index contributed by atoms with van der Waals surface area (Å²) in [5.41, 5.74) is 0.793. The molecule has 4 nitrogen and oxygen atoms in total. The van der Waals surface area contributed by atoms with Crippen LogP contribution in [0.2, 0.25) is 0 Å². The van der Waals surface area contributed by atoms with E-state index in [0.29, 0.717) is 0 Å². The van der Waals surface area contributed by atoms with Crippen molar-refractivity contribution < 1.29 is 14.7 Å². The molecule has 10 heavy (non-hydrogen) atoms. The predicted octanol–water partition coefficient (Wildman–Crippen LogP) is 0.873. The third-order valence-corrected chi connectivity index (χ3v) is 0.920. The van der Waals surface area contributed by atoms with Crippen molar-refractivity contribution in [3.63, 3.8) is 0 Å². The van der Waals surface area contributed by atoms with Crippen molar-refractivity contribution in [2.75, 3.05) is 6.61 Å². The number of aliphatic carboxylic acids is 1. The van der Waals surface area contributed by atoms with E-state index in [4.69, 9.17) is 5.11 Å². The van der Waals surface area contributed by atoms with Gasteiger partial charge in [0.05, 0.1) is 5.71 Å². The summed E-state index contributed by atoms with van der Waals surface area (Å²) >= 11 is 0. The highest BCUT2D eigenvalue weighted by Crippen LogP contribution is 1.85. The van der Waals surface area contributed by atoms with Crippen molar-refractivity contribution in [2.24, 2.45) is 5.16 Å². The molecule has 0 amide bonds. The van der Waals surface area contributed by atoms with Crippen LogP contribution in [0.4, 0.5) is 0 Å². The smallest absolute Gasteiger partial charge is 0.344 e. The maximum absolute atomic E-state index is 9.87. The molecule has 1 N–H and O–H groups in total. The largest absolute Gasteiger partial charge is 0.479 e. The number of carboxylic acid groups (broad SMARTS) is 1. The van der Waals surface area contributed by atoms with E-state index < -0.39 is 5.97 Å². The first-order valence-electron chi connectivity index (χ1n) is 3.04. The van der Waals surface area contributed by atoms with Gasteiger partial charge in [-0.2, -0.15) is 0 Å². The van der Waals surface area contributed by atoms with Crippen LogP contribution in [0.3, 0.4) is 0 Å². The van der Waals surface area contributed by atoms with Crippen LogP contribution >= 0.6 is 0 Å². The van der Waals surface area contributed by atoms with Crippen LogP contribution in [-0.4, -0.2) is 23.4 Å². The molecule has 0 aromatic carbocycles. The van der Waals surface area contributed by atoms with Crippen LogP contribution in [-0.2, 0) is 9.63 Å². The zero-order chi connectivity index (χ0) is 7.98. The van der Waals surface area contributed by atoms with Crippen molar-refractivity contribution in [1.29, 1.82) is 0 Å². The van der Waals surface area contributed by atoms with Crippen LogP contribution in [0.5, 0.6) is 0 Å². The highest BCUT2D eigenvalue weighted by molar-refractivity contribution is 5.81. The SMILES string of the molecule is CCC(C)=NOCC(=O)O. The predicted molar refractivity (Wildman–Crippen MR) is 37.0 cm³/mol. The van der Waals surface area contributed by atoms with Crippen LogP contribution in [0.1, 0.15) is 20.3 Å². The van der Waals surface area contributed by atoms with E-state index in [1.165, 1.54) is 0 Å². The molecule has 0 heterocycles. The lowest BCUT2D eigenvalue weighted by Gasteiger charge is -1.94. The maximum atomic E-state index is 9.87. The van der Waals surface area contributed by atoms with Crippen molar-refractivity contribution in [1.82, 2.24) is 0 Å². The molecule has 0 saturated heterocycles. The van der Waals surface area contributed by atoms with Gasteiger partial charge in [0, 0.05) is 0 Å². The highest BCUT2D eigenvalue weighted by atomic mass is 16.6. The Bertz CT molecular complexity index is 142. The molecule has 0 bridgehead atoms. The number of oxime groups is 1. The number of carboxylic acids is 1. The second kappa shape index (κ2) is 4.78. The quantitative estimate of drug-likeness (QED) is 0.471. The van der Waals surface area contributed by atoms with E-state index in [0.717, 1.165) is 12.1 Å². The molecule has 0 aliphatic heterocycles. The van der Waals surface area contributed by atoms with Crippen molar-refractivity contribution in [3.05, 3.63) is 0 Å². The van der Waals surface area contributed by atoms with E-state index in [1.807, 2.05) is 6.92 Å². The van der Waals surface area contributed by atoms with Crippen LogP contribution in [0.25, 0.3) is 0 Å². The van der Waals surface area contributed by atoms with Gasteiger partial charge >= 0.3 is 5.97 Å². The summed E-state index contributed by atoms with van der Waals surface area (Å²) in [6.45, 7) is 3.34. The Hall–Kier alpha value is -1.06. The fourth-order valence-corrected chi connectivity index (χ4v) is 0.262. The first-order valence-corrected chi connectivity index (χ1v) is 3.04. The zero-order valence-corrected chi connectivity index (χ0v) is 6.13. The summed E-state index contributed by atoms with van der Waals surface area (Å²) in [5.74, 6) is -1.01. The van der Waals surface area contributed by atoms with Crippen LogP contribution < -0.4 is 0 Å². The topological polar surface area (TPSA) is 58.9 Å². The minimum atomic E-state index is -1.01. The van der Waals surface area contributed by atoms with Crippen molar-refractivity contribution in [3.8, 4) is 0 Å². The van der Waals surface area contributed by atoms with E-state index in [1.54, 1.807) is 6.92 Å². The van der Waals surface area contributed by atoms with Crippen molar-refractivity contribution in [2.45, 2.75) is 20.3 Å². The van der Waals surface area contributed by atoms with Gasteiger partial charge in [-0.1, -0.05) is 12.1 Å². The van der Waals surface area contributed by atoms with Gasteiger partial charge in [-0.05, 0) is 13.3 Å². The Morgan fingerprint density at radius 3 is 2.70 bits per heavy atom. The summed E-state index contributed by atoms with van der Waals surface area (Å²) in [6, 6.07) is 0. The van der Waals surface area contributed by atoms with E-state index in [-0.39, 0.29) is 6.61 Å². The average molecular weight is 145 g/mol. The number of hydrogen-bond acceptors (Lipinski definition) is 3. The van der Waals surface area contributed by atoms with Gasteiger partial charge in [0.2, 0.25) is 6.61 Å². The number of carbonyl (C=O) groups is 1. The van der Waals surface area contributed by atoms with Gasteiger partial charge < -0.3 is 9.94 Å². The summed E-state index contributed by atoms with van der Waals surface area (Å²) in [7, 11) is 0. The Balaban J connectivity index is 3.43. The second-order valence-corrected chi connectivity index (χ2v) is 1.85. The molecule has 0 saturated carbocycles.